The van der Waals surface area contributed by atoms with Gasteiger partial charge in [-0.15, -0.1) is 0 Å². The van der Waals surface area contributed by atoms with E-state index in [1.54, 1.807) is 6.07 Å². The van der Waals surface area contributed by atoms with E-state index in [0.29, 0.717) is 62.7 Å². The molecule has 4 heterocycles. The molecular formula is C56H37F3N8. The molecule has 0 saturated heterocycles. The highest BCUT2D eigenvalue weighted by molar-refractivity contribution is 6.11. The van der Waals surface area contributed by atoms with Crippen LogP contribution in [-0.2, 0) is 6.18 Å². The molecule has 0 N–H and O–H groups in total. The highest BCUT2D eigenvalue weighted by Crippen LogP contribution is 2.46. The van der Waals surface area contributed by atoms with Crippen LogP contribution in [0.3, 0.4) is 0 Å². The second kappa shape index (κ2) is 16.7. The van der Waals surface area contributed by atoms with Gasteiger partial charge in [-0.2, -0.15) is 13.2 Å². The summed E-state index contributed by atoms with van der Waals surface area (Å²) in [7, 11) is 0. The van der Waals surface area contributed by atoms with Crippen molar-refractivity contribution in [2.24, 2.45) is 0 Å². The van der Waals surface area contributed by atoms with Gasteiger partial charge in [-0.3, -0.25) is 0 Å². The third-order valence-corrected chi connectivity index (χ3v) is 11.7. The van der Waals surface area contributed by atoms with Gasteiger partial charge in [-0.05, 0) is 50.2 Å². The van der Waals surface area contributed by atoms with Gasteiger partial charge in [0.25, 0.3) is 0 Å². The number of rotatable bonds is 8. The molecule has 0 fully saturated rings. The monoisotopic (exact) mass is 878 g/mol. The highest BCUT2D eigenvalue weighted by atomic mass is 19.4. The number of hydrogen-bond donors (Lipinski definition) is 0. The van der Waals surface area contributed by atoms with Crippen LogP contribution in [-0.4, -0.2) is 39.5 Å². The van der Waals surface area contributed by atoms with Gasteiger partial charge in [0.05, 0.1) is 45.1 Å². The summed E-state index contributed by atoms with van der Waals surface area (Å²) in [4.78, 5) is 34.3. The zero-order valence-corrected chi connectivity index (χ0v) is 36.1. The minimum atomic E-state index is -4.79. The maximum Gasteiger partial charge on any atom is 0.416 e. The number of aryl methyl sites for hydroxylation is 2. The van der Waals surface area contributed by atoms with E-state index in [0.717, 1.165) is 39.0 Å². The summed E-state index contributed by atoms with van der Waals surface area (Å²) < 4.78 is 49.2. The summed E-state index contributed by atoms with van der Waals surface area (Å²) in [6, 6.07) is 57.9. The van der Waals surface area contributed by atoms with Crippen LogP contribution in [0.25, 0.3) is 107 Å². The Morgan fingerprint density at radius 1 is 0.358 bits per heavy atom. The average Bonchev–Trinajstić information content (AvgIpc) is 3.69. The summed E-state index contributed by atoms with van der Waals surface area (Å²) >= 11 is 0. The van der Waals surface area contributed by atoms with Crippen LogP contribution in [0.15, 0.2) is 188 Å². The normalized spacial score (nSPS) is 11.7. The van der Waals surface area contributed by atoms with Gasteiger partial charge in [0.15, 0.2) is 17.5 Å². The molecule has 11 aromatic rings. The number of aromatic nitrogens is 8. The first kappa shape index (κ1) is 41.0. The number of fused-ring (bicyclic) bond motifs is 3. The minimum absolute atomic E-state index is 0.0916. The number of para-hydroxylation sites is 1. The van der Waals surface area contributed by atoms with Gasteiger partial charge >= 0.3 is 6.18 Å². The van der Waals surface area contributed by atoms with Crippen molar-refractivity contribution < 1.29 is 13.2 Å². The molecule has 0 bridgehead atoms. The topological polar surface area (TPSA) is 95.2 Å². The largest absolute Gasteiger partial charge is 0.416 e. The van der Waals surface area contributed by atoms with Crippen molar-refractivity contribution in [3.8, 4) is 84.9 Å². The van der Waals surface area contributed by atoms with Gasteiger partial charge in [-0.25, -0.2) is 34.9 Å². The first-order valence-electron chi connectivity index (χ1n) is 21.6. The lowest BCUT2D eigenvalue weighted by molar-refractivity contribution is -0.137. The molecule has 67 heavy (non-hydrogen) atoms. The molecule has 0 atom stereocenters. The van der Waals surface area contributed by atoms with E-state index >= 15 is 13.2 Å². The van der Waals surface area contributed by atoms with Crippen molar-refractivity contribution in [2.45, 2.75) is 20.0 Å². The lowest BCUT2D eigenvalue weighted by Gasteiger charge is -2.22. The van der Waals surface area contributed by atoms with Crippen LogP contribution in [0, 0.1) is 13.8 Å². The molecule has 0 unspecified atom stereocenters. The fourth-order valence-electron chi connectivity index (χ4n) is 8.64. The minimum Gasteiger partial charge on any atom is -0.308 e. The van der Waals surface area contributed by atoms with Gasteiger partial charge < -0.3 is 4.57 Å². The fraction of sp³-hybridized carbons (Fsp3) is 0.0536. The van der Waals surface area contributed by atoms with Gasteiger partial charge in [0.2, 0.25) is 0 Å². The Hall–Kier alpha value is -8.70. The summed E-state index contributed by atoms with van der Waals surface area (Å²) in [5.74, 6) is 2.04. The molecule has 7 aromatic carbocycles. The molecule has 0 saturated carbocycles. The van der Waals surface area contributed by atoms with Crippen molar-refractivity contribution in [1.82, 2.24) is 39.5 Å². The maximum atomic E-state index is 15.7. The molecule has 11 rings (SSSR count). The Bertz CT molecular complexity index is 3350. The third kappa shape index (κ3) is 7.86. The fourth-order valence-corrected chi connectivity index (χ4v) is 8.64. The maximum absolute atomic E-state index is 15.7. The van der Waals surface area contributed by atoms with E-state index in [-0.39, 0.29) is 22.6 Å². The van der Waals surface area contributed by atoms with Crippen LogP contribution in [0.2, 0.25) is 0 Å². The predicted molar refractivity (Wildman–Crippen MR) is 258 cm³/mol. The van der Waals surface area contributed by atoms with Crippen molar-refractivity contribution >= 4 is 21.8 Å². The van der Waals surface area contributed by atoms with E-state index in [4.69, 9.17) is 29.9 Å². The van der Waals surface area contributed by atoms with E-state index in [2.05, 4.69) is 4.98 Å². The standard InChI is InChI=1S/C56H37F3N8/c1-34-60-35(2)62-54(61-34)40-27-28-43-42-25-15-16-26-50(42)67(51(43)29-40)52-44(49-33-48(38-21-11-5-12-22-38)63-53(66-49)39-23-13-6-14-24-39)30-41(56(57,58)59)31-45(52)55-64-46(36-17-7-3-8-18-36)32-47(65-55)37-19-9-4-10-20-37/h3-33H,1-2H3. The molecule has 0 radical (unpaired) electrons. The molecular weight excluding hydrogens is 842 g/mol. The zero-order valence-electron chi connectivity index (χ0n) is 36.1. The van der Waals surface area contributed by atoms with Gasteiger partial charge in [0.1, 0.15) is 11.6 Å². The van der Waals surface area contributed by atoms with Crippen molar-refractivity contribution in [2.75, 3.05) is 0 Å². The average molecular weight is 879 g/mol. The first-order valence-corrected chi connectivity index (χ1v) is 21.6. The molecule has 0 aliphatic carbocycles. The second-order valence-electron chi connectivity index (χ2n) is 16.1. The first-order chi connectivity index (χ1) is 32.6. The number of nitrogens with zero attached hydrogens (tertiary/aromatic N) is 8. The molecule has 0 aliphatic heterocycles. The molecule has 322 valence electrons. The lowest BCUT2D eigenvalue weighted by atomic mass is 9.96. The Morgan fingerprint density at radius 3 is 1.37 bits per heavy atom. The molecule has 4 aromatic heterocycles. The smallest absolute Gasteiger partial charge is 0.308 e. The summed E-state index contributed by atoms with van der Waals surface area (Å²) in [6.45, 7) is 3.63. The molecule has 0 spiro atoms. The van der Waals surface area contributed by atoms with E-state index < -0.39 is 11.7 Å². The Labute approximate surface area is 383 Å². The SMILES string of the molecule is Cc1nc(C)nc(-c2ccc3c4ccccc4n(-c4c(-c5cc(-c6ccccc6)nc(-c6ccccc6)n5)cc(C(F)(F)F)cc4-c4nc(-c5ccccc5)cc(-c5ccccc5)n4)c3c2)n1. The van der Waals surface area contributed by atoms with Crippen molar-refractivity contribution in [1.29, 1.82) is 0 Å². The van der Waals surface area contributed by atoms with Crippen molar-refractivity contribution in [3.05, 3.63) is 205 Å². The zero-order chi connectivity index (χ0) is 45.6. The summed E-state index contributed by atoms with van der Waals surface area (Å²) in [6.07, 6.45) is -4.79. The predicted octanol–water partition coefficient (Wildman–Crippen LogP) is 13.9. The summed E-state index contributed by atoms with van der Waals surface area (Å²) in [5, 5.41) is 1.74. The van der Waals surface area contributed by atoms with Crippen molar-refractivity contribution in [3.63, 3.8) is 0 Å². The van der Waals surface area contributed by atoms with Crippen LogP contribution >= 0.6 is 0 Å². The Morgan fingerprint density at radius 2 is 0.806 bits per heavy atom. The number of alkyl halides is 3. The quantitative estimate of drug-likeness (QED) is 0.150. The van der Waals surface area contributed by atoms with Gasteiger partial charge in [-0.1, -0.05) is 152 Å². The Balaban J connectivity index is 1.32. The van der Waals surface area contributed by atoms with E-state index in [1.807, 2.05) is 188 Å². The lowest BCUT2D eigenvalue weighted by Crippen LogP contribution is -2.11. The molecule has 0 amide bonds. The number of hydrogen-bond acceptors (Lipinski definition) is 7. The van der Waals surface area contributed by atoms with Gasteiger partial charge in [0, 0.05) is 49.7 Å². The Kier molecular flexibility index (Phi) is 10.2. The van der Waals surface area contributed by atoms with Crippen LogP contribution in [0.4, 0.5) is 13.2 Å². The van der Waals surface area contributed by atoms with E-state index in [9.17, 15) is 0 Å². The number of benzene rings is 7. The second-order valence-corrected chi connectivity index (χ2v) is 16.1. The number of halogens is 3. The van der Waals surface area contributed by atoms with Crippen LogP contribution in [0.1, 0.15) is 17.2 Å². The van der Waals surface area contributed by atoms with Crippen LogP contribution < -0.4 is 0 Å². The highest BCUT2D eigenvalue weighted by Gasteiger charge is 2.35. The molecule has 0 aliphatic rings. The molecule has 11 heteroatoms. The van der Waals surface area contributed by atoms with Crippen LogP contribution in [0.5, 0.6) is 0 Å². The third-order valence-electron chi connectivity index (χ3n) is 11.7. The summed E-state index contributed by atoms with van der Waals surface area (Å²) in [5.41, 5.74) is 6.87. The van der Waals surface area contributed by atoms with E-state index in [1.165, 1.54) is 6.07 Å². The molecule has 8 nitrogen and oxygen atoms in total.